The molecular weight excluding hydrogens is 494 g/mol. The van der Waals surface area contributed by atoms with E-state index in [4.69, 9.17) is 9.47 Å². The van der Waals surface area contributed by atoms with Crippen molar-refractivity contribution in [3.8, 4) is 0 Å². The van der Waals surface area contributed by atoms with E-state index in [1.54, 1.807) is 44.3 Å². The predicted molar refractivity (Wildman–Crippen MR) is 139 cm³/mol. The van der Waals surface area contributed by atoms with Crippen LogP contribution < -0.4 is 16.2 Å². The van der Waals surface area contributed by atoms with E-state index in [9.17, 15) is 24.0 Å². The van der Waals surface area contributed by atoms with Gasteiger partial charge in [0.2, 0.25) is 11.9 Å². The maximum atomic E-state index is 12.8. The average molecular weight is 526 g/mol. The molecule has 1 aromatic carbocycles. The number of benzene rings is 1. The fourth-order valence-electron chi connectivity index (χ4n) is 3.86. The molecule has 0 saturated heterocycles. The van der Waals surface area contributed by atoms with Crippen molar-refractivity contribution >= 4 is 40.7 Å². The number of nitrogens with zero attached hydrogens (tertiary/aromatic N) is 1. The number of aryl methyl sites for hydroxylation is 2. The molecule has 12 nitrogen and oxygen atoms in total. The highest BCUT2D eigenvalue weighted by Gasteiger charge is 2.24. The fraction of sp³-hybridized carbons (Fsp3) is 0.385. The van der Waals surface area contributed by atoms with Crippen molar-refractivity contribution in [1.29, 1.82) is 0 Å². The second-order valence-electron chi connectivity index (χ2n) is 8.45. The van der Waals surface area contributed by atoms with Crippen molar-refractivity contribution < 1.29 is 28.7 Å². The highest BCUT2D eigenvalue weighted by atomic mass is 16.5. The van der Waals surface area contributed by atoms with Gasteiger partial charge in [-0.1, -0.05) is 12.1 Å². The normalized spacial score (nSPS) is 11.6. The summed E-state index contributed by atoms with van der Waals surface area (Å²) in [7, 11) is 0. The Morgan fingerprint density at radius 3 is 2.39 bits per heavy atom. The number of carbonyl (C=O) groups is 4. The lowest BCUT2D eigenvalue weighted by atomic mass is 10.0. The minimum atomic E-state index is -0.980. The number of nitrogens with one attached hydrogen (secondary N) is 4. The van der Waals surface area contributed by atoms with Gasteiger partial charge >= 0.3 is 11.9 Å². The number of amides is 2. The lowest BCUT2D eigenvalue weighted by Gasteiger charge is -2.17. The third kappa shape index (κ3) is 7.51. The molecule has 1 atom stereocenters. The average Bonchev–Trinajstić information content (AvgIpc) is 3.28. The van der Waals surface area contributed by atoms with Gasteiger partial charge in [0.15, 0.2) is 0 Å². The Labute approximate surface area is 218 Å². The molecule has 0 radical (unpaired) electrons. The molecule has 12 heteroatoms. The van der Waals surface area contributed by atoms with Crippen LogP contribution in [0.2, 0.25) is 0 Å². The van der Waals surface area contributed by atoms with Crippen molar-refractivity contribution in [2.24, 2.45) is 0 Å². The molecule has 3 rings (SSSR count). The van der Waals surface area contributed by atoms with Crippen molar-refractivity contribution in [3.05, 3.63) is 57.5 Å². The first-order valence-electron chi connectivity index (χ1n) is 12.3. The first kappa shape index (κ1) is 28.1. The summed E-state index contributed by atoms with van der Waals surface area (Å²) < 4.78 is 9.92. The van der Waals surface area contributed by atoms with Crippen LogP contribution in [-0.4, -0.2) is 58.0 Å². The summed E-state index contributed by atoms with van der Waals surface area (Å²) in [6.45, 7) is 5.05. The molecule has 0 aliphatic heterocycles. The molecular formula is C26H31N5O7. The smallest absolute Gasteiger partial charge is 0.328 e. The molecule has 4 N–H and O–H groups in total. The van der Waals surface area contributed by atoms with E-state index < -0.39 is 23.9 Å². The molecule has 202 valence electrons. The van der Waals surface area contributed by atoms with Gasteiger partial charge in [0, 0.05) is 25.1 Å². The number of carbonyl (C=O) groups excluding carboxylic acids is 4. The van der Waals surface area contributed by atoms with E-state index >= 15 is 0 Å². The number of aromatic amines is 2. The predicted octanol–water partition coefficient (Wildman–Crippen LogP) is 2.00. The Balaban J connectivity index is 1.63. The van der Waals surface area contributed by atoms with Crippen LogP contribution in [0.3, 0.4) is 0 Å². The third-order valence-corrected chi connectivity index (χ3v) is 5.64. The first-order chi connectivity index (χ1) is 18.2. The second kappa shape index (κ2) is 13.2. The third-order valence-electron chi connectivity index (χ3n) is 5.64. The zero-order valence-electron chi connectivity index (χ0n) is 21.5. The van der Waals surface area contributed by atoms with Crippen molar-refractivity contribution in [2.75, 3.05) is 18.5 Å². The van der Waals surface area contributed by atoms with Crippen LogP contribution in [-0.2, 0) is 36.7 Å². The SMILES string of the molecule is CCOC(=O)CC[C@H](NC(=O)c1ccc(CCc2c[nH]c3nc(NC(C)=O)[nH]c(=O)c23)cc1)C(=O)OCC. The van der Waals surface area contributed by atoms with Gasteiger partial charge in [0.05, 0.1) is 18.6 Å². The Hall–Kier alpha value is -4.48. The number of ether oxygens (including phenoxy) is 2. The molecule has 0 aliphatic carbocycles. The van der Waals surface area contributed by atoms with Crippen LogP contribution in [0.4, 0.5) is 5.95 Å². The highest BCUT2D eigenvalue weighted by molar-refractivity contribution is 5.97. The van der Waals surface area contributed by atoms with Gasteiger partial charge in [-0.15, -0.1) is 0 Å². The second-order valence-corrected chi connectivity index (χ2v) is 8.45. The molecule has 0 spiro atoms. The van der Waals surface area contributed by atoms with Gasteiger partial charge in [-0.25, -0.2) is 4.79 Å². The number of rotatable bonds is 12. The Kier molecular flexibility index (Phi) is 9.74. The summed E-state index contributed by atoms with van der Waals surface area (Å²) in [4.78, 5) is 70.2. The van der Waals surface area contributed by atoms with E-state index in [2.05, 4.69) is 25.6 Å². The lowest BCUT2D eigenvalue weighted by molar-refractivity contribution is -0.146. The van der Waals surface area contributed by atoms with Gasteiger partial charge in [-0.2, -0.15) is 4.98 Å². The fourth-order valence-corrected chi connectivity index (χ4v) is 3.86. The number of aromatic nitrogens is 3. The molecule has 0 aliphatic rings. The Morgan fingerprint density at radius 2 is 1.74 bits per heavy atom. The first-order valence-corrected chi connectivity index (χ1v) is 12.3. The number of esters is 2. The zero-order valence-corrected chi connectivity index (χ0v) is 21.5. The molecule has 38 heavy (non-hydrogen) atoms. The molecule has 2 heterocycles. The minimum Gasteiger partial charge on any atom is -0.466 e. The molecule has 0 fully saturated rings. The number of anilines is 1. The van der Waals surface area contributed by atoms with Crippen LogP contribution in [0.5, 0.6) is 0 Å². The van der Waals surface area contributed by atoms with Crippen LogP contribution in [0.25, 0.3) is 11.0 Å². The summed E-state index contributed by atoms with van der Waals surface area (Å²) in [6.07, 6.45) is 2.86. The Bertz CT molecular complexity index is 1360. The van der Waals surface area contributed by atoms with Crippen LogP contribution in [0, 0.1) is 0 Å². The Morgan fingerprint density at radius 1 is 1.03 bits per heavy atom. The van der Waals surface area contributed by atoms with E-state index in [0.29, 0.717) is 29.4 Å². The maximum Gasteiger partial charge on any atom is 0.328 e. The molecule has 2 amide bonds. The minimum absolute atomic E-state index is 0.0305. The molecule has 0 saturated carbocycles. The number of hydrogen-bond donors (Lipinski definition) is 4. The molecule has 0 unspecified atom stereocenters. The summed E-state index contributed by atoms with van der Waals surface area (Å²) in [5.41, 5.74) is 2.06. The quantitative estimate of drug-likeness (QED) is 0.260. The molecule has 0 bridgehead atoms. The van der Waals surface area contributed by atoms with Crippen molar-refractivity contribution in [3.63, 3.8) is 0 Å². The van der Waals surface area contributed by atoms with Crippen LogP contribution in [0.15, 0.2) is 35.3 Å². The van der Waals surface area contributed by atoms with Crippen molar-refractivity contribution in [2.45, 2.75) is 52.5 Å². The zero-order chi connectivity index (χ0) is 27.7. The van der Waals surface area contributed by atoms with Crippen LogP contribution in [0.1, 0.15) is 55.1 Å². The van der Waals surface area contributed by atoms with E-state index in [-0.39, 0.29) is 43.5 Å². The molecule has 3 aromatic rings. The van der Waals surface area contributed by atoms with Gasteiger partial charge in [0.1, 0.15) is 11.7 Å². The van der Waals surface area contributed by atoms with Crippen LogP contribution >= 0.6 is 0 Å². The van der Waals surface area contributed by atoms with Gasteiger partial charge in [-0.3, -0.25) is 29.5 Å². The lowest BCUT2D eigenvalue weighted by Crippen LogP contribution is -2.42. The standard InChI is InChI=1S/C26H31N5O7/c1-4-37-20(33)13-12-19(25(36)38-5-2)29-23(34)17-9-6-16(7-10-17)8-11-18-14-27-22-21(18)24(35)31-26(30-22)28-15(3)32/h6-7,9-10,14,19H,4-5,8,11-13H2,1-3H3,(H,29,34)(H3,27,28,30,31,32,35)/t19-/m0/s1. The van der Waals surface area contributed by atoms with Crippen molar-refractivity contribution in [1.82, 2.24) is 20.3 Å². The van der Waals surface area contributed by atoms with E-state index in [0.717, 1.165) is 11.1 Å². The summed E-state index contributed by atoms with van der Waals surface area (Å²) in [5.74, 6) is -1.81. The topological polar surface area (TPSA) is 172 Å². The highest BCUT2D eigenvalue weighted by Crippen LogP contribution is 2.17. The van der Waals surface area contributed by atoms with Gasteiger partial charge in [-0.05, 0) is 56.4 Å². The molecule has 2 aromatic heterocycles. The number of fused-ring (bicyclic) bond motifs is 1. The van der Waals surface area contributed by atoms with E-state index in [1.807, 2.05) is 0 Å². The number of hydrogen-bond acceptors (Lipinski definition) is 8. The summed E-state index contributed by atoms with van der Waals surface area (Å²) in [6, 6.07) is 5.88. The number of H-pyrrole nitrogens is 2. The van der Waals surface area contributed by atoms with E-state index in [1.165, 1.54) is 6.92 Å². The largest absolute Gasteiger partial charge is 0.466 e. The summed E-state index contributed by atoms with van der Waals surface area (Å²) in [5, 5.41) is 5.51. The van der Waals surface area contributed by atoms with Gasteiger partial charge < -0.3 is 19.8 Å². The maximum absolute atomic E-state index is 12.8. The van der Waals surface area contributed by atoms with Gasteiger partial charge in [0.25, 0.3) is 11.5 Å². The summed E-state index contributed by atoms with van der Waals surface area (Å²) >= 11 is 0. The monoisotopic (exact) mass is 525 g/mol.